The second-order valence-electron chi connectivity index (χ2n) is 5.50. The van der Waals surface area contributed by atoms with Crippen LogP contribution < -0.4 is 15.0 Å². The standard InChI is InChI=1S/C18H21N3O3/c1-23-16-5-3-2-4-14(16)12-20-18(22)15-6-7-17(19-13-15)21-8-10-24-11-9-21/h2-7,13H,8-12H2,1H3,(H,20,22). The number of pyridine rings is 1. The van der Waals surface area contributed by atoms with Crippen LogP contribution in [0.4, 0.5) is 5.82 Å². The summed E-state index contributed by atoms with van der Waals surface area (Å²) in [5.74, 6) is 1.49. The number of hydrogen-bond acceptors (Lipinski definition) is 5. The number of aromatic nitrogens is 1. The maximum Gasteiger partial charge on any atom is 0.253 e. The Morgan fingerprint density at radius 1 is 1.25 bits per heavy atom. The molecular formula is C18H21N3O3. The molecule has 1 aromatic carbocycles. The summed E-state index contributed by atoms with van der Waals surface area (Å²) in [6, 6.07) is 11.3. The average molecular weight is 327 g/mol. The van der Waals surface area contributed by atoms with Gasteiger partial charge in [0.1, 0.15) is 11.6 Å². The average Bonchev–Trinajstić information content (AvgIpc) is 2.67. The van der Waals surface area contributed by atoms with Crippen LogP contribution in [-0.2, 0) is 11.3 Å². The lowest BCUT2D eigenvalue weighted by Crippen LogP contribution is -2.36. The highest BCUT2D eigenvalue weighted by Crippen LogP contribution is 2.17. The van der Waals surface area contributed by atoms with E-state index in [1.165, 1.54) is 0 Å². The molecule has 6 heteroatoms. The number of carbonyl (C=O) groups excluding carboxylic acids is 1. The molecule has 0 aliphatic carbocycles. The number of nitrogens with zero attached hydrogens (tertiary/aromatic N) is 2. The minimum Gasteiger partial charge on any atom is -0.496 e. The van der Waals surface area contributed by atoms with Crippen molar-refractivity contribution >= 4 is 11.7 Å². The van der Waals surface area contributed by atoms with Gasteiger partial charge in [-0.2, -0.15) is 0 Å². The fourth-order valence-corrected chi connectivity index (χ4v) is 2.63. The Morgan fingerprint density at radius 2 is 2.04 bits per heavy atom. The number of amides is 1. The first-order valence-corrected chi connectivity index (χ1v) is 7.97. The third-order valence-electron chi connectivity index (χ3n) is 3.98. The second-order valence-corrected chi connectivity index (χ2v) is 5.50. The van der Waals surface area contributed by atoms with Crippen LogP contribution >= 0.6 is 0 Å². The van der Waals surface area contributed by atoms with Crippen LogP contribution in [0.1, 0.15) is 15.9 Å². The van der Waals surface area contributed by atoms with Crippen molar-refractivity contribution in [3.8, 4) is 5.75 Å². The molecule has 1 amide bonds. The molecule has 0 spiro atoms. The molecule has 1 saturated heterocycles. The molecule has 6 nitrogen and oxygen atoms in total. The molecule has 2 aromatic rings. The second kappa shape index (κ2) is 7.79. The lowest BCUT2D eigenvalue weighted by Gasteiger charge is -2.27. The highest BCUT2D eigenvalue weighted by atomic mass is 16.5. The van der Waals surface area contributed by atoms with Crippen molar-refractivity contribution in [3.05, 3.63) is 53.7 Å². The lowest BCUT2D eigenvalue weighted by atomic mass is 10.2. The van der Waals surface area contributed by atoms with Crippen LogP contribution in [-0.4, -0.2) is 44.3 Å². The van der Waals surface area contributed by atoms with Crippen LogP contribution in [0.5, 0.6) is 5.75 Å². The van der Waals surface area contributed by atoms with Gasteiger partial charge in [0, 0.05) is 31.4 Å². The lowest BCUT2D eigenvalue weighted by molar-refractivity contribution is 0.0950. The number of morpholine rings is 1. The summed E-state index contributed by atoms with van der Waals surface area (Å²) in [7, 11) is 1.62. The van der Waals surface area contributed by atoms with Crippen LogP contribution in [0.2, 0.25) is 0 Å². The molecule has 1 aliphatic heterocycles. The highest BCUT2D eigenvalue weighted by Gasteiger charge is 2.13. The Hall–Kier alpha value is -2.60. The number of rotatable bonds is 5. The summed E-state index contributed by atoms with van der Waals surface area (Å²) >= 11 is 0. The van der Waals surface area contributed by atoms with E-state index in [0.717, 1.165) is 30.2 Å². The summed E-state index contributed by atoms with van der Waals surface area (Å²) in [4.78, 5) is 18.8. The van der Waals surface area contributed by atoms with Gasteiger partial charge in [-0.1, -0.05) is 18.2 Å². The highest BCUT2D eigenvalue weighted by molar-refractivity contribution is 5.94. The van der Waals surface area contributed by atoms with E-state index in [-0.39, 0.29) is 5.91 Å². The van der Waals surface area contributed by atoms with Crippen LogP contribution in [0.3, 0.4) is 0 Å². The van der Waals surface area contributed by atoms with E-state index in [4.69, 9.17) is 9.47 Å². The molecule has 0 atom stereocenters. The third kappa shape index (κ3) is 3.83. The zero-order chi connectivity index (χ0) is 16.8. The number of hydrogen-bond donors (Lipinski definition) is 1. The van der Waals surface area contributed by atoms with E-state index >= 15 is 0 Å². The van der Waals surface area contributed by atoms with E-state index in [1.807, 2.05) is 30.3 Å². The van der Waals surface area contributed by atoms with Gasteiger partial charge >= 0.3 is 0 Å². The van der Waals surface area contributed by atoms with E-state index in [9.17, 15) is 4.79 Å². The van der Waals surface area contributed by atoms with Gasteiger partial charge in [-0.3, -0.25) is 4.79 Å². The van der Waals surface area contributed by atoms with E-state index < -0.39 is 0 Å². The van der Waals surface area contributed by atoms with Crippen molar-refractivity contribution in [2.45, 2.75) is 6.54 Å². The molecule has 0 unspecified atom stereocenters. The van der Waals surface area contributed by atoms with Crippen molar-refractivity contribution in [2.24, 2.45) is 0 Å². The molecule has 1 aliphatic rings. The van der Waals surface area contributed by atoms with E-state index in [1.54, 1.807) is 19.4 Å². The predicted molar refractivity (Wildman–Crippen MR) is 91.4 cm³/mol. The first-order chi connectivity index (χ1) is 11.8. The summed E-state index contributed by atoms with van der Waals surface area (Å²) in [5.41, 5.74) is 1.48. The van der Waals surface area contributed by atoms with Gasteiger partial charge in [0.05, 0.1) is 25.9 Å². The Kier molecular flexibility index (Phi) is 5.28. The van der Waals surface area contributed by atoms with Gasteiger partial charge in [-0.15, -0.1) is 0 Å². The minimum atomic E-state index is -0.151. The van der Waals surface area contributed by atoms with Crippen molar-refractivity contribution in [2.75, 3.05) is 38.3 Å². The maximum absolute atomic E-state index is 12.3. The molecule has 1 N–H and O–H groups in total. The quantitative estimate of drug-likeness (QED) is 0.908. The summed E-state index contributed by atoms with van der Waals surface area (Å²) in [6.07, 6.45) is 1.61. The summed E-state index contributed by atoms with van der Waals surface area (Å²) in [5, 5.41) is 2.90. The number of nitrogens with one attached hydrogen (secondary N) is 1. The van der Waals surface area contributed by atoms with Crippen molar-refractivity contribution < 1.29 is 14.3 Å². The Morgan fingerprint density at radius 3 is 2.75 bits per heavy atom. The molecule has 1 fully saturated rings. The molecule has 2 heterocycles. The number of carbonyl (C=O) groups is 1. The van der Waals surface area contributed by atoms with Gasteiger partial charge in [-0.25, -0.2) is 4.98 Å². The third-order valence-corrected chi connectivity index (χ3v) is 3.98. The van der Waals surface area contributed by atoms with Gasteiger partial charge in [0.15, 0.2) is 0 Å². The fourth-order valence-electron chi connectivity index (χ4n) is 2.63. The molecule has 0 bridgehead atoms. The number of methoxy groups -OCH3 is 1. The smallest absolute Gasteiger partial charge is 0.253 e. The SMILES string of the molecule is COc1ccccc1CNC(=O)c1ccc(N2CCOCC2)nc1. The monoisotopic (exact) mass is 327 g/mol. The summed E-state index contributed by atoms with van der Waals surface area (Å²) < 4.78 is 10.6. The van der Waals surface area contributed by atoms with Crippen molar-refractivity contribution in [3.63, 3.8) is 0 Å². The zero-order valence-electron chi connectivity index (χ0n) is 13.7. The fraction of sp³-hybridized carbons (Fsp3) is 0.333. The maximum atomic E-state index is 12.3. The summed E-state index contributed by atoms with van der Waals surface area (Å²) in [6.45, 7) is 3.48. The molecule has 0 radical (unpaired) electrons. The van der Waals surface area contributed by atoms with Gasteiger partial charge in [0.2, 0.25) is 0 Å². The van der Waals surface area contributed by atoms with E-state index in [0.29, 0.717) is 25.3 Å². The first-order valence-electron chi connectivity index (χ1n) is 7.97. The first kappa shape index (κ1) is 16.3. The van der Waals surface area contributed by atoms with Crippen molar-refractivity contribution in [1.29, 1.82) is 0 Å². The van der Waals surface area contributed by atoms with Gasteiger partial charge < -0.3 is 19.7 Å². The van der Waals surface area contributed by atoms with Crippen LogP contribution in [0, 0.1) is 0 Å². The molecule has 0 saturated carbocycles. The predicted octanol–water partition coefficient (Wildman–Crippen LogP) is 1.86. The number of benzene rings is 1. The molecule has 126 valence electrons. The minimum absolute atomic E-state index is 0.151. The number of ether oxygens (including phenoxy) is 2. The molecule has 24 heavy (non-hydrogen) atoms. The molecule has 1 aromatic heterocycles. The van der Waals surface area contributed by atoms with Gasteiger partial charge in [0.25, 0.3) is 5.91 Å². The molecule has 3 rings (SSSR count). The number of anilines is 1. The topological polar surface area (TPSA) is 63.7 Å². The van der Waals surface area contributed by atoms with E-state index in [2.05, 4.69) is 15.2 Å². The molecular weight excluding hydrogens is 306 g/mol. The Balaban J connectivity index is 1.60. The zero-order valence-corrected chi connectivity index (χ0v) is 13.7. The Bertz CT molecular complexity index is 682. The normalized spacial score (nSPS) is 14.3. The van der Waals surface area contributed by atoms with Crippen molar-refractivity contribution in [1.82, 2.24) is 10.3 Å². The Labute approximate surface area is 141 Å². The largest absolute Gasteiger partial charge is 0.496 e. The van der Waals surface area contributed by atoms with Crippen LogP contribution in [0.25, 0.3) is 0 Å². The van der Waals surface area contributed by atoms with Crippen LogP contribution in [0.15, 0.2) is 42.6 Å². The van der Waals surface area contributed by atoms with Gasteiger partial charge in [-0.05, 0) is 18.2 Å². The number of para-hydroxylation sites is 1.